The lowest BCUT2D eigenvalue weighted by Gasteiger charge is -2.29. The highest BCUT2D eigenvalue weighted by molar-refractivity contribution is 6.18. The number of halogens is 1. The molecule has 1 heterocycles. The molecule has 0 aliphatic rings. The second-order valence-electron chi connectivity index (χ2n) is 5.01. The molecule has 1 aromatic rings. The van der Waals surface area contributed by atoms with Gasteiger partial charge in [0.25, 0.3) is 5.91 Å². The second kappa shape index (κ2) is 6.85. The molecule has 0 aromatic carbocycles. The summed E-state index contributed by atoms with van der Waals surface area (Å²) in [5.74, 6) is 0.444. The minimum atomic E-state index is -0.105. The lowest BCUT2D eigenvalue weighted by atomic mass is 9.84. The van der Waals surface area contributed by atoms with Gasteiger partial charge in [0, 0.05) is 17.8 Å². The minimum Gasteiger partial charge on any atom is -0.351 e. The summed E-state index contributed by atoms with van der Waals surface area (Å²) in [5, 5.41) is 10.9. The molecule has 1 aromatic heterocycles. The quantitative estimate of drug-likeness (QED) is 0.817. The van der Waals surface area contributed by atoms with Crippen LogP contribution < -0.4 is 5.32 Å². The van der Waals surface area contributed by atoms with E-state index in [2.05, 4.69) is 29.4 Å². The Kier molecular flexibility index (Phi) is 5.73. The number of aryl methyl sites for hydroxylation is 2. The van der Waals surface area contributed by atoms with Gasteiger partial charge in [-0.3, -0.25) is 4.79 Å². The number of amides is 1. The van der Waals surface area contributed by atoms with Crippen molar-refractivity contribution in [1.29, 1.82) is 0 Å². The van der Waals surface area contributed by atoms with Crippen molar-refractivity contribution >= 4 is 17.5 Å². The molecule has 0 atom stereocenters. The third kappa shape index (κ3) is 3.90. The fraction of sp³-hybridized carbons (Fsp3) is 0.643. The molecule has 1 N–H and O–H groups in total. The van der Waals surface area contributed by atoms with Gasteiger partial charge in [-0.15, -0.1) is 11.6 Å². The normalized spacial score (nSPS) is 11.4. The van der Waals surface area contributed by atoms with E-state index >= 15 is 0 Å². The SMILES string of the molecule is CCC(CC)(CCl)CNC(=O)c1cc(C)nnc1C. The average molecular weight is 284 g/mol. The van der Waals surface area contributed by atoms with Crippen molar-refractivity contribution in [2.24, 2.45) is 5.41 Å². The van der Waals surface area contributed by atoms with E-state index in [-0.39, 0.29) is 11.3 Å². The first-order chi connectivity index (χ1) is 8.98. The van der Waals surface area contributed by atoms with E-state index < -0.39 is 0 Å². The smallest absolute Gasteiger partial charge is 0.253 e. The maximum atomic E-state index is 12.2. The van der Waals surface area contributed by atoms with Crippen molar-refractivity contribution in [3.8, 4) is 0 Å². The average Bonchev–Trinajstić information content (AvgIpc) is 2.43. The van der Waals surface area contributed by atoms with Crippen molar-refractivity contribution in [3.05, 3.63) is 23.0 Å². The van der Waals surface area contributed by atoms with Crippen LogP contribution in [0.2, 0.25) is 0 Å². The number of rotatable bonds is 6. The van der Waals surface area contributed by atoms with Crippen molar-refractivity contribution in [2.75, 3.05) is 12.4 Å². The van der Waals surface area contributed by atoms with Crippen molar-refractivity contribution in [3.63, 3.8) is 0 Å². The minimum absolute atomic E-state index is 0.0272. The molecule has 4 nitrogen and oxygen atoms in total. The van der Waals surface area contributed by atoms with Gasteiger partial charge in [0.1, 0.15) is 0 Å². The molecule has 0 radical (unpaired) electrons. The van der Waals surface area contributed by atoms with Gasteiger partial charge in [-0.25, -0.2) is 0 Å². The Morgan fingerprint density at radius 3 is 2.47 bits per heavy atom. The fourth-order valence-corrected chi connectivity index (χ4v) is 2.35. The maximum absolute atomic E-state index is 12.2. The van der Waals surface area contributed by atoms with Crippen LogP contribution >= 0.6 is 11.6 Å². The topological polar surface area (TPSA) is 54.9 Å². The van der Waals surface area contributed by atoms with Crippen LogP contribution in [0.25, 0.3) is 0 Å². The third-order valence-electron chi connectivity index (χ3n) is 3.75. The van der Waals surface area contributed by atoms with Crippen molar-refractivity contribution in [2.45, 2.75) is 40.5 Å². The highest BCUT2D eigenvalue weighted by Gasteiger charge is 2.26. The van der Waals surface area contributed by atoms with Crippen LogP contribution in [0.1, 0.15) is 48.4 Å². The van der Waals surface area contributed by atoms with Gasteiger partial charge < -0.3 is 5.32 Å². The van der Waals surface area contributed by atoms with Gasteiger partial charge >= 0.3 is 0 Å². The predicted molar refractivity (Wildman–Crippen MR) is 77.6 cm³/mol. The molecule has 0 aliphatic carbocycles. The van der Waals surface area contributed by atoms with Gasteiger partial charge in [-0.1, -0.05) is 13.8 Å². The van der Waals surface area contributed by atoms with E-state index in [0.29, 0.717) is 23.7 Å². The van der Waals surface area contributed by atoms with Crippen LogP contribution in [-0.4, -0.2) is 28.5 Å². The van der Waals surface area contributed by atoms with Crippen LogP contribution in [0.5, 0.6) is 0 Å². The number of hydrogen-bond acceptors (Lipinski definition) is 3. The molecule has 0 bridgehead atoms. The summed E-state index contributed by atoms with van der Waals surface area (Å²) >= 11 is 6.04. The Morgan fingerprint density at radius 2 is 1.95 bits per heavy atom. The van der Waals surface area contributed by atoms with E-state index in [0.717, 1.165) is 18.5 Å². The monoisotopic (exact) mass is 283 g/mol. The Bertz CT molecular complexity index is 436. The third-order valence-corrected chi connectivity index (χ3v) is 4.32. The zero-order valence-corrected chi connectivity index (χ0v) is 12.8. The number of aromatic nitrogens is 2. The summed E-state index contributed by atoms with van der Waals surface area (Å²) in [7, 11) is 0. The largest absolute Gasteiger partial charge is 0.351 e. The summed E-state index contributed by atoms with van der Waals surface area (Å²) in [5.41, 5.74) is 1.95. The van der Waals surface area contributed by atoms with Gasteiger partial charge in [0.2, 0.25) is 0 Å². The van der Waals surface area contributed by atoms with Crippen LogP contribution in [0, 0.1) is 19.3 Å². The molecule has 0 spiro atoms. The lowest BCUT2D eigenvalue weighted by molar-refractivity contribution is 0.0930. The number of carbonyl (C=O) groups excluding carboxylic acids is 1. The lowest BCUT2D eigenvalue weighted by Crippen LogP contribution is -2.38. The second-order valence-corrected chi connectivity index (χ2v) is 5.28. The van der Waals surface area contributed by atoms with Crippen LogP contribution in [0.4, 0.5) is 0 Å². The first kappa shape index (κ1) is 15.9. The maximum Gasteiger partial charge on any atom is 0.253 e. The van der Waals surface area contributed by atoms with E-state index in [1.807, 2.05) is 6.92 Å². The number of alkyl halides is 1. The molecule has 0 fully saturated rings. The fourth-order valence-electron chi connectivity index (χ4n) is 1.88. The van der Waals surface area contributed by atoms with Gasteiger partial charge in [-0.05, 0) is 32.8 Å². The summed E-state index contributed by atoms with van der Waals surface area (Å²) < 4.78 is 0. The first-order valence-electron chi connectivity index (χ1n) is 6.63. The molecular weight excluding hydrogens is 262 g/mol. The number of carbonyl (C=O) groups is 1. The summed E-state index contributed by atoms with van der Waals surface area (Å²) in [4.78, 5) is 12.2. The van der Waals surface area contributed by atoms with E-state index in [1.54, 1.807) is 13.0 Å². The van der Waals surface area contributed by atoms with Gasteiger partial charge in [0.15, 0.2) is 0 Å². The van der Waals surface area contributed by atoms with Gasteiger partial charge in [0.05, 0.1) is 17.0 Å². The van der Waals surface area contributed by atoms with Crippen LogP contribution in [0.3, 0.4) is 0 Å². The zero-order chi connectivity index (χ0) is 14.5. The number of nitrogens with zero attached hydrogens (tertiary/aromatic N) is 2. The Labute approximate surface area is 120 Å². The molecule has 19 heavy (non-hydrogen) atoms. The Hall–Kier alpha value is -1.16. The van der Waals surface area contributed by atoms with Crippen LogP contribution in [0.15, 0.2) is 6.07 Å². The molecule has 1 amide bonds. The molecule has 0 unspecified atom stereocenters. The zero-order valence-electron chi connectivity index (χ0n) is 12.1. The van der Waals surface area contributed by atoms with Gasteiger partial charge in [-0.2, -0.15) is 10.2 Å². The molecule has 5 heteroatoms. The highest BCUT2D eigenvalue weighted by Crippen LogP contribution is 2.27. The predicted octanol–water partition coefficient (Wildman–Crippen LogP) is 2.87. The Balaban J connectivity index is 2.77. The van der Waals surface area contributed by atoms with E-state index in [4.69, 9.17) is 11.6 Å². The molecule has 106 valence electrons. The molecule has 0 aliphatic heterocycles. The number of hydrogen-bond donors (Lipinski definition) is 1. The van der Waals surface area contributed by atoms with E-state index in [9.17, 15) is 4.79 Å². The summed E-state index contributed by atoms with van der Waals surface area (Å²) in [6.45, 7) is 8.39. The Morgan fingerprint density at radius 1 is 1.32 bits per heavy atom. The molecule has 0 saturated heterocycles. The number of nitrogens with one attached hydrogen (secondary N) is 1. The first-order valence-corrected chi connectivity index (χ1v) is 7.16. The van der Waals surface area contributed by atoms with E-state index in [1.165, 1.54) is 0 Å². The molecular formula is C14H22ClN3O. The molecule has 0 saturated carbocycles. The highest BCUT2D eigenvalue weighted by atomic mass is 35.5. The summed E-state index contributed by atoms with van der Waals surface area (Å²) in [6, 6.07) is 1.76. The van der Waals surface area contributed by atoms with Crippen molar-refractivity contribution in [1.82, 2.24) is 15.5 Å². The molecule has 1 rings (SSSR count). The van der Waals surface area contributed by atoms with Crippen molar-refractivity contribution < 1.29 is 4.79 Å². The summed E-state index contributed by atoms with van der Waals surface area (Å²) in [6.07, 6.45) is 1.89. The standard InChI is InChI=1S/C14H22ClN3O/c1-5-14(6-2,8-15)9-16-13(19)12-7-10(3)17-18-11(12)4/h7H,5-6,8-9H2,1-4H3,(H,16,19). The van der Waals surface area contributed by atoms with Crippen LogP contribution in [-0.2, 0) is 0 Å².